The molecule has 0 unspecified atom stereocenters. The van der Waals surface area contributed by atoms with Crippen molar-refractivity contribution in [1.82, 2.24) is 4.98 Å². The van der Waals surface area contributed by atoms with Crippen LogP contribution in [0.25, 0.3) is 11.3 Å². The Labute approximate surface area is 93.1 Å². The van der Waals surface area contributed by atoms with Crippen molar-refractivity contribution in [3.05, 3.63) is 40.8 Å². The SMILES string of the molecule is FC(F)c1nc(Br)c(-c2ccccc2)o1. The average Bonchev–Trinajstić information content (AvgIpc) is 2.62. The van der Waals surface area contributed by atoms with E-state index >= 15 is 0 Å². The lowest BCUT2D eigenvalue weighted by Crippen LogP contribution is -1.80. The lowest BCUT2D eigenvalue weighted by atomic mass is 10.2. The van der Waals surface area contributed by atoms with Gasteiger partial charge in [0.15, 0.2) is 10.4 Å². The first kappa shape index (κ1) is 10.3. The van der Waals surface area contributed by atoms with E-state index in [-0.39, 0.29) is 0 Å². The van der Waals surface area contributed by atoms with Gasteiger partial charge < -0.3 is 4.42 Å². The molecule has 0 saturated heterocycles. The molecule has 0 saturated carbocycles. The molecule has 1 aromatic carbocycles. The lowest BCUT2D eigenvalue weighted by Gasteiger charge is -1.95. The van der Waals surface area contributed by atoms with Crippen molar-refractivity contribution in [2.24, 2.45) is 0 Å². The van der Waals surface area contributed by atoms with E-state index in [1.165, 1.54) is 0 Å². The Morgan fingerprint density at radius 3 is 2.40 bits per heavy atom. The summed E-state index contributed by atoms with van der Waals surface area (Å²) in [6.45, 7) is 0. The van der Waals surface area contributed by atoms with Crippen LogP contribution in [0, 0.1) is 0 Å². The Balaban J connectivity index is 2.45. The Morgan fingerprint density at radius 1 is 1.20 bits per heavy atom. The normalized spacial score (nSPS) is 10.9. The van der Waals surface area contributed by atoms with E-state index in [0.717, 1.165) is 0 Å². The topological polar surface area (TPSA) is 26.0 Å². The number of aromatic nitrogens is 1. The highest BCUT2D eigenvalue weighted by Gasteiger charge is 2.19. The second-order valence-electron chi connectivity index (χ2n) is 2.84. The Morgan fingerprint density at radius 2 is 1.87 bits per heavy atom. The molecular weight excluding hydrogens is 268 g/mol. The molecule has 0 bridgehead atoms. The number of oxazole rings is 1. The Bertz CT molecular complexity index is 456. The zero-order chi connectivity index (χ0) is 10.8. The largest absolute Gasteiger partial charge is 0.434 e. The van der Waals surface area contributed by atoms with Gasteiger partial charge in [-0.25, -0.2) is 4.98 Å². The van der Waals surface area contributed by atoms with Crippen molar-refractivity contribution in [1.29, 1.82) is 0 Å². The molecule has 2 aromatic rings. The average molecular weight is 274 g/mol. The lowest BCUT2D eigenvalue weighted by molar-refractivity contribution is 0.116. The number of alkyl halides is 2. The minimum Gasteiger partial charge on any atom is -0.434 e. The summed E-state index contributed by atoms with van der Waals surface area (Å²) in [7, 11) is 0. The van der Waals surface area contributed by atoms with E-state index in [1.807, 2.05) is 6.07 Å². The van der Waals surface area contributed by atoms with Crippen molar-refractivity contribution in [3.63, 3.8) is 0 Å². The number of halogens is 3. The predicted octanol–water partition coefficient (Wildman–Crippen LogP) is 4.04. The summed E-state index contributed by atoms with van der Waals surface area (Å²) in [5.41, 5.74) is 0.712. The molecule has 0 amide bonds. The number of hydrogen-bond acceptors (Lipinski definition) is 2. The number of rotatable bonds is 2. The molecule has 0 fully saturated rings. The molecule has 1 heterocycles. The summed E-state index contributed by atoms with van der Waals surface area (Å²) in [5.74, 6) is -0.244. The van der Waals surface area contributed by atoms with Gasteiger partial charge in [0.1, 0.15) is 0 Å². The fourth-order valence-electron chi connectivity index (χ4n) is 1.18. The molecular formula is C10H6BrF2NO. The van der Waals surface area contributed by atoms with Gasteiger partial charge in [0.05, 0.1) is 0 Å². The predicted molar refractivity (Wildman–Crippen MR) is 54.6 cm³/mol. The van der Waals surface area contributed by atoms with Crippen molar-refractivity contribution in [2.75, 3.05) is 0 Å². The van der Waals surface area contributed by atoms with Gasteiger partial charge in [0, 0.05) is 5.56 Å². The van der Waals surface area contributed by atoms with E-state index < -0.39 is 12.3 Å². The van der Waals surface area contributed by atoms with E-state index in [2.05, 4.69) is 20.9 Å². The van der Waals surface area contributed by atoms with Crippen LogP contribution in [0.5, 0.6) is 0 Å². The maximum absolute atomic E-state index is 12.3. The first-order valence-corrected chi connectivity index (χ1v) is 4.97. The molecule has 2 nitrogen and oxygen atoms in total. The minimum absolute atomic E-state index is 0.295. The smallest absolute Gasteiger partial charge is 0.313 e. The summed E-state index contributed by atoms with van der Waals surface area (Å²) in [4.78, 5) is 3.59. The third-order valence-corrected chi connectivity index (χ3v) is 2.36. The van der Waals surface area contributed by atoms with Gasteiger partial charge >= 0.3 is 6.43 Å². The second-order valence-corrected chi connectivity index (χ2v) is 3.59. The van der Waals surface area contributed by atoms with Crippen molar-refractivity contribution in [2.45, 2.75) is 6.43 Å². The third kappa shape index (κ3) is 2.07. The standard InChI is InChI=1S/C10H6BrF2NO/c11-8-7(6-4-2-1-3-5-6)15-10(14-8)9(12)13/h1-5,9H. The quantitative estimate of drug-likeness (QED) is 0.825. The highest BCUT2D eigenvalue weighted by molar-refractivity contribution is 9.10. The van der Waals surface area contributed by atoms with Gasteiger partial charge in [-0.05, 0) is 15.9 Å². The maximum Gasteiger partial charge on any atom is 0.313 e. The van der Waals surface area contributed by atoms with Crippen LogP contribution < -0.4 is 0 Å². The Hall–Kier alpha value is -1.23. The molecule has 0 spiro atoms. The third-order valence-electron chi connectivity index (χ3n) is 1.83. The van der Waals surface area contributed by atoms with Gasteiger partial charge in [-0.2, -0.15) is 8.78 Å². The summed E-state index contributed by atoms with van der Waals surface area (Å²) in [6, 6.07) is 8.96. The zero-order valence-corrected chi connectivity index (χ0v) is 9.04. The van der Waals surface area contributed by atoms with Gasteiger partial charge in [0.25, 0.3) is 5.89 Å². The number of hydrogen-bond donors (Lipinski definition) is 0. The van der Waals surface area contributed by atoms with Gasteiger partial charge in [0.2, 0.25) is 0 Å². The van der Waals surface area contributed by atoms with Crippen molar-refractivity contribution < 1.29 is 13.2 Å². The maximum atomic E-state index is 12.3. The van der Waals surface area contributed by atoms with Gasteiger partial charge in [-0.3, -0.25) is 0 Å². The summed E-state index contributed by atoms with van der Waals surface area (Å²) < 4.78 is 29.8. The first-order chi connectivity index (χ1) is 7.18. The highest BCUT2D eigenvalue weighted by Crippen LogP contribution is 2.31. The summed E-state index contributed by atoms with van der Waals surface area (Å²) >= 11 is 3.08. The number of benzene rings is 1. The minimum atomic E-state index is -2.70. The zero-order valence-electron chi connectivity index (χ0n) is 7.45. The van der Waals surface area contributed by atoms with Crippen LogP contribution in [0.3, 0.4) is 0 Å². The number of nitrogens with zero attached hydrogens (tertiary/aromatic N) is 1. The van der Waals surface area contributed by atoms with Crippen LogP contribution >= 0.6 is 15.9 Å². The monoisotopic (exact) mass is 273 g/mol. The summed E-state index contributed by atoms with van der Waals surface area (Å²) in [6.07, 6.45) is -2.70. The Kier molecular flexibility index (Phi) is 2.81. The fourth-order valence-corrected chi connectivity index (χ4v) is 1.66. The molecule has 78 valence electrons. The molecule has 0 aliphatic rings. The molecule has 15 heavy (non-hydrogen) atoms. The molecule has 0 N–H and O–H groups in total. The van der Waals surface area contributed by atoms with Crippen LogP contribution in [0.2, 0.25) is 0 Å². The van der Waals surface area contributed by atoms with E-state index in [1.54, 1.807) is 24.3 Å². The van der Waals surface area contributed by atoms with Crippen LogP contribution in [0.15, 0.2) is 39.4 Å². The molecule has 1 aromatic heterocycles. The molecule has 0 aliphatic heterocycles. The molecule has 0 aliphatic carbocycles. The second kappa shape index (κ2) is 4.10. The fraction of sp³-hybridized carbons (Fsp3) is 0.100. The van der Waals surface area contributed by atoms with Crippen LogP contribution in [0.4, 0.5) is 8.78 Å². The van der Waals surface area contributed by atoms with E-state index in [4.69, 9.17) is 4.42 Å². The summed E-state index contributed by atoms with van der Waals surface area (Å²) in [5, 5.41) is 0. The first-order valence-electron chi connectivity index (χ1n) is 4.18. The molecule has 2 rings (SSSR count). The van der Waals surface area contributed by atoms with Gasteiger partial charge in [-0.1, -0.05) is 30.3 Å². The van der Waals surface area contributed by atoms with Crippen LogP contribution in [-0.4, -0.2) is 4.98 Å². The molecule has 5 heteroatoms. The van der Waals surface area contributed by atoms with E-state index in [9.17, 15) is 8.78 Å². The van der Waals surface area contributed by atoms with Crippen molar-refractivity contribution >= 4 is 15.9 Å². The van der Waals surface area contributed by atoms with Gasteiger partial charge in [-0.15, -0.1) is 0 Å². The van der Waals surface area contributed by atoms with E-state index in [0.29, 0.717) is 15.9 Å². The van der Waals surface area contributed by atoms with Crippen LogP contribution in [-0.2, 0) is 0 Å². The highest BCUT2D eigenvalue weighted by atomic mass is 79.9. The molecule has 0 atom stereocenters. The van der Waals surface area contributed by atoms with Crippen LogP contribution in [0.1, 0.15) is 12.3 Å². The van der Waals surface area contributed by atoms with Crippen molar-refractivity contribution in [3.8, 4) is 11.3 Å². The molecule has 0 radical (unpaired) electrons.